The van der Waals surface area contributed by atoms with Crippen molar-refractivity contribution in [2.24, 2.45) is 0 Å². The zero-order chi connectivity index (χ0) is 19.2. The van der Waals surface area contributed by atoms with Gasteiger partial charge in [0, 0.05) is 12.1 Å². The number of carbonyl (C=O) groups excluding carboxylic acids is 1. The molecule has 6 nitrogen and oxygen atoms in total. The van der Waals surface area contributed by atoms with E-state index in [1.807, 2.05) is 42.5 Å². The summed E-state index contributed by atoms with van der Waals surface area (Å²) < 4.78 is 10.9. The van der Waals surface area contributed by atoms with Gasteiger partial charge >= 0.3 is 5.97 Å². The summed E-state index contributed by atoms with van der Waals surface area (Å²) >= 11 is 0. The maximum Gasteiger partial charge on any atom is 0.339 e. The number of nitrogens with zero attached hydrogens (tertiary/aromatic N) is 1. The van der Waals surface area contributed by atoms with E-state index in [2.05, 4.69) is 0 Å². The molecule has 0 heterocycles. The van der Waals surface area contributed by atoms with Crippen LogP contribution in [0.1, 0.15) is 27.6 Å². The van der Waals surface area contributed by atoms with Gasteiger partial charge in [-0.25, -0.2) is 4.79 Å². The molecule has 3 aromatic rings. The Morgan fingerprint density at radius 2 is 1.59 bits per heavy atom. The summed E-state index contributed by atoms with van der Waals surface area (Å²) in [6, 6.07) is 22.0. The van der Waals surface area contributed by atoms with Gasteiger partial charge in [0.15, 0.2) is 6.10 Å². The number of methoxy groups -OCH3 is 1. The Balaban J connectivity index is 1.92. The van der Waals surface area contributed by atoms with E-state index in [0.29, 0.717) is 5.75 Å². The number of nitro benzene ring substituents is 1. The molecule has 136 valence electrons. The number of benzene rings is 3. The van der Waals surface area contributed by atoms with E-state index in [4.69, 9.17) is 9.47 Å². The molecule has 0 radical (unpaired) electrons. The van der Waals surface area contributed by atoms with Gasteiger partial charge in [0.1, 0.15) is 5.75 Å². The first-order valence-electron chi connectivity index (χ1n) is 8.23. The van der Waals surface area contributed by atoms with Crippen molar-refractivity contribution in [1.29, 1.82) is 0 Å². The lowest BCUT2D eigenvalue weighted by atomic mass is 10.0. The molecule has 0 N–H and O–H groups in total. The Morgan fingerprint density at radius 1 is 0.926 bits per heavy atom. The number of esters is 1. The third-order valence-corrected chi connectivity index (χ3v) is 4.04. The standard InChI is InChI=1S/C21H17NO5/c1-26-19-12-10-16(11-13-19)20(15-6-3-2-4-7-15)27-21(23)17-8-5-9-18(14-17)22(24)25/h2-14,20H,1H3. The molecule has 0 aliphatic carbocycles. The molecule has 0 aliphatic rings. The van der Waals surface area contributed by atoms with E-state index < -0.39 is 17.0 Å². The molecule has 0 saturated carbocycles. The van der Waals surface area contributed by atoms with Gasteiger partial charge in [0.2, 0.25) is 0 Å². The lowest BCUT2D eigenvalue weighted by Crippen LogP contribution is -2.13. The zero-order valence-corrected chi connectivity index (χ0v) is 14.6. The number of rotatable bonds is 6. The summed E-state index contributed by atoms with van der Waals surface area (Å²) in [7, 11) is 1.58. The monoisotopic (exact) mass is 363 g/mol. The third-order valence-electron chi connectivity index (χ3n) is 4.04. The summed E-state index contributed by atoms with van der Waals surface area (Å²) in [4.78, 5) is 23.0. The fraction of sp³-hybridized carbons (Fsp3) is 0.0952. The molecule has 27 heavy (non-hydrogen) atoms. The maximum atomic E-state index is 12.6. The molecule has 0 saturated heterocycles. The molecule has 0 fully saturated rings. The lowest BCUT2D eigenvalue weighted by molar-refractivity contribution is -0.384. The molecule has 3 aromatic carbocycles. The Kier molecular flexibility index (Phi) is 5.47. The molecule has 1 atom stereocenters. The third kappa shape index (κ3) is 4.30. The van der Waals surface area contributed by atoms with E-state index in [-0.39, 0.29) is 11.3 Å². The number of ether oxygens (including phenoxy) is 2. The van der Waals surface area contributed by atoms with Crippen molar-refractivity contribution in [3.8, 4) is 5.75 Å². The van der Waals surface area contributed by atoms with Gasteiger partial charge in [-0.3, -0.25) is 10.1 Å². The Bertz CT molecular complexity index is 938. The number of non-ortho nitro benzene ring substituents is 1. The number of carbonyl (C=O) groups is 1. The zero-order valence-electron chi connectivity index (χ0n) is 14.6. The second-order valence-corrected chi connectivity index (χ2v) is 5.78. The highest BCUT2D eigenvalue weighted by molar-refractivity contribution is 5.90. The maximum absolute atomic E-state index is 12.6. The largest absolute Gasteiger partial charge is 0.497 e. The van der Waals surface area contributed by atoms with E-state index in [1.165, 1.54) is 24.3 Å². The van der Waals surface area contributed by atoms with Crippen LogP contribution in [0.3, 0.4) is 0 Å². The van der Waals surface area contributed by atoms with Crippen LogP contribution >= 0.6 is 0 Å². The van der Waals surface area contributed by atoms with Crippen molar-refractivity contribution in [3.05, 3.63) is 106 Å². The van der Waals surface area contributed by atoms with Crippen LogP contribution in [0.5, 0.6) is 5.75 Å². The highest BCUT2D eigenvalue weighted by Gasteiger charge is 2.21. The Morgan fingerprint density at radius 3 is 2.22 bits per heavy atom. The fourth-order valence-corrected chi connectivity index (χ4v) is 2.66. The fourth-order valence-electron chi connectivity index (χ4n) is 2.66. The molecule has 6 heteroatoms. The van der Waals surface area contributed by atoms with Gasteiger partial charge in [-0.15, -0.1) is 0 Å². The molecule has 0 aromatic heterocycles. The van der Waals surface area contributed by atoms with E-state index in [0.717, 1.165) is 11.1 Å². The van der Waals surface area contributed by atoms with Gasteiger partial charge in [0.25, 0.3) is 5.69 Å². The van der Waals surface area contributed by atoms with Crippen molar-refractivity contribution in [2.75, 3.05) is 7.11 Å². The Hall–Kier alpha value is -3.67. The first-order valence-corrected chi connectivity index (χ1v) is 8.23. The van der Waals surface area contributed by atoms with Crippen molar-refractivity contribution >= 4 is 11.7 Å². The van der Waals surface area contributed by atoms with Gasteiger partial charge in [-0.05, 0) is 29.3 Å². The van der Waals surface area contributed by atoms with Crippen molar-refractivity contribution in [3.63, 3.8) is 0 Å². The molecule has 1 unspecified atom stereocenters. The summed E-state index contributed by atoms with van der Waals surface area (Å²) in [5, 5.41) is 10.9. The highest BCUT2D eigenvalue weighted by atomic mass is 16.6. The van der Waals surface area contributed by atoms with Gasteiger partial charge in [-0.2, -0.15) is 0 Å². The summed E-state index contributed by atoms with van der Waals surface area (Å²) in [6.07, 6.45) is -0.649. The normalized spacial score (nSPS) is 11.4. The number of nitro groups is 1. The van der Waals surface area contributed by atoms with Crippen LogP contribution in [-0.4, -0.2) is 18.0 Å². The van der Waals surface area contributed by atoms with Crippen LogP contribution in [0.2, 0.25) is 0 Å². The second-order valence-electron chi connectivity index (χ2n) is 5.78. The first-order chi connectivity index (χ1) is 13.1. The quantitative estimate of drug-likeness (QED) is 0.365. The van der Waals surface area contributed by atoms with Crippen LogP contribution in [0.4, 0.5) is 5.69 Å². The van der Waals surface area contributed by atoms with Crippen molar-refractivity contribution < 1.29 is 19.2 Å². The molecule has 0 amide bonds. The average Bonchev–Trinajstić information content (AvgIpc) is 2.72. The molecule has 0 spiro atoms. The van der Waals surface area contributed by atoms with E-state index in [9.17, 15) is 14.9 Å². The lowest BCUT2D eigenvalue weighted by Gasteiger charge is -2.19. The van der Waals surface area contributed by atoms with Crippen LogP contribution < -0.4 is 4.74 Å². The minimum Gasteiger partial charge on any atom is -0.497 e. The smallest absolute Gasteiger partial charge is 0.339 e. The topological polar surface area (TPSA) is 78.7 Å². The average molecular weight is 363 g/mol. The predicted octanol–water partition coefficient (Wildman–Crippen LogP) is 4.55. The first kappa shape index (κ1) is 18.1. The summed E-state index contributed by atoms with van der Waals surface area (Å²) in [5.74, 6) is 0.0546. The number of hydrogen-bond acceptors (Lipinski definition) is 5. The SMILES string of the molecule is COc1ccc(C(OC(=O)c2cccc([N+](=O)[O-])c2)c2ccccc2)cc1. The van der Waals surface area contributed by atoms with E-state index in [1.54, 1.807) is 19.2 Å². The van der Waals surface area contributed by atoms with Crippen molar-refractivity contribution in [1.82, 2.24) is 0 Å². The van der Waals surface area contributed by atoms with E-state index >= 15 is 0 Å². The van der Waals surface area contributed by atoms with Gasteiger partial charge in [-0.1, -0.05) is 48.5 Å². The van der Waals surface area contributed by atoms with Crippen LogP contribution in [-0.2, 0) is 4.74 Å². The van der Waals surface area contributed by atoms with Crippen LogP contribution in [0.25, 0.3) is 0 Å². The van der Waals surface area contributed by atoms with Gasteiger partial charge < -0.3 is 9.47 Å². The van der Waals surface area contributed by atoms with Crippen molar-refractivity contribution in [2.45, 2.75) is 6.10 Å². The summed E-state index contributed by atoms with van der Waals surface area (Å²) in [5.41, 5.74) is 1.52. The Labute approximate surface area is 156 Å². The molecule has 0 aliphatic heterocycles. The molecular formula is C21H17NO5. The molecular weight excluding hydrogens is 346 g/mol. The van der Waals surface area contributed by atoms with Gasteiger partial charge in [0.05, 0.1) is 17.6 Å². The highest BCUT2D eigenvalue weighted by Crippen LogP contribution is 2.29. The summed E-state index contributed by atoms with van der Waals surface area (Å²) in [6.45, 7) is 0. The van der Waals surface area contributed by atoms with Crippen LogP contribution in [0.15, 0.2) is 78.9 Å². The number of hydrogen-bond donors (Lipinski definition) is 0. The molecule has 0 bridgehead atoms. The minimum atomic E-state index is -0.649. The molecule has 3 rings (SSSR count). The minimum absolute atomic E-state index is 0.124. The second kappa shape index (κ2) is 8.14. The predicted molar refractivity (Wildman–Crippen MR) is 99.8 cm³/mol. The van der Waals surface area contributed by atoms with Crippen LogP contribution in [0, 0.1) is 10.1 Å².